The van der Waals surface area contributed by atoms with Crippen molar-refractivity contribution in [1.29, 1.82) is 0 Å². The van der Waals surface area contributed by atoms with Gasteiger partial charge < -0.3 is 4.90 Å². The number of aromatic nitrogens is 3. The van der Waals surface area contributed by atoms with Gasteiger partial charge in [-0.05, 0) is 52.7 Å². The van der Waals surface area contributed by atoms with Crippen molar-refractivity contribution < 1.29 is 0 Å². The third kappa shape index (κ3) is 2.69. The van der Waals surface area contributed by atoms with E-state index in [1.54, 1.807) is 6.20 Å². The fourth-order valence-corrected chi connectivity index (χ4v) is 4.71. The molecule has 1 atom stereocenters. The Morgan fingerprint density at radius 3 is 2.92 bits per heavy atom. The van der Waals surface area contributed by atoms with Crippen LogP contribution in [-0.4, -0.2) is 33.7 Å². The molecule has 3 heterocycles. The van der Waals surface area contributed by atoms with E-state index in [-0.39, 0.29) is 0 Å². The summed E-state index contributed by atoms with van der Waals surface area (Å²) < 4.78 is 1.36. The molecule has 0 saturated heterocycles. The van der Waals surface area contributed by atoms with Gasteiger partial charge >= 0.3 is 0 Å². The number of benzene rings is 2. The van der Waals surface area contributed by atoms with Gasteiger partial charge in [0.15, 0.2) is 0 Å². The van der Waals surface area contributed by atoms with E-state index >= 15 is 0 Å². The second kappa shape index (κ2) is 6.27. The fraction of sp³-hybridized carbons (Fsp3) is 0.190. The summed E-state index contributed by atoms with van der Waals surface area (Å²) in [6.07, 6.45) is 3.22. The van der Waals surface area contributed by atoms with Gasteiger partial charge in [0.05, 0.1) is 11.9 Å². The summed E-state index contributed by atoms with van der Waals surface area (Å²) in [5, 5.41) is 11.2. The first kappa shape index (κ1) is 15.6. The molecule has 0 bridgehead atoms. The van der Waals surface area contributed by atoms with E-state index in [1.807, 2.05) is 11.3 Å². The first-order valence-corrected chi connectivity index (χ1v) is 9.57. The van der Waals surface area contributed by atoms with Crippen LogP contribution in [0.2, 0.25) is 0 Å². The average Bonchev–Trinajstić information content (AvgIpc) is 3.15. The Morgan fingerprint density at radius 2 is 2.04 bits per heavy atom. The van der Waals surface area contributed by atoms with Crippen LogP contribution in [-0.2, 0) is 6.54 Å². The van der Waals surface area contributed by atoms with Crippen LogP contribution in [0.3, 0.4) is 0 Å². The molecule has 2 aromatic carbocycles. The van der Waals surface area contributed by atoms with Crippen LogP contribution in [0.4, 0.5) is 0 Å². The summed E-state index contributed by atoms with van der Waals surface area (Å²) in [4.78, 5) is 6.73. The SMILES string of the molecule is CN1Cc2cc(-c3cnncn3)ccc2C(c2ccc3ccsc3c2)C1. The third-order valence-electron chi connectivity index (χ3n) is 5.13. The first-order chi connectivity index (χ1) is 12.8. The molecular formula is C21H18N4S. The maximum Gasteiger partial charge on any atom is 0.138 e. The van der Waals surface area contributed by atoms with Crippen molar-refractivity contribution in [1.82, 2.24) is 20.1 Å². The van der Waals surface area contributed by atoms with Crippen LogP contribution in [0.1, 0.15) is 22.6 Å². The zero-order valence-electron chi connectivity index (χ0n) is 14.5. The minimum Gasteiger partial charge on any atom is -0.301 e. The molecule has 5 rings (SSSR count). The summed E-state index contributed by atoms with van der Waals surface area (Å²) in [7, 11) is 2.19. The number of thiophene rings is 1. The number of hydrogen-bond acceptors (Lipinski definition) is 5. The standard InChI is InChI=1S/C21H18N4S/c1-25-11-17-8-16(20-10-23-24-13-22-20)4-5-18(17)19(12-25)15-3-2-14-6-7-26-21(14)9-15/h2-10,13,19H,11-12H2,1H3. The molecule has 0 fully saturated rings. The Hall–Kier alpha value is -2.63. The van der Waals surface area contributed by atoms with Crippen LogP contribution in [0.15, 0.2) is 60.4 Å². The maximum absolute atomic E-state index is 4.34. The van der Waals surface area contributed by atoms with Gasteiger partial charge in [0.2, 0.25) is 0 Å². The zero-order chi connectivity index (χ0) is 17.5. The van der Waals surface area contributed by atoms with E-state index in [0.29, 0.717) is 5.92 Å². The van der Waals surface area contributed by atoms with Gasteiger partial charge in [-0.25, -0.2) is 4.98 Å². The Morgan fingerprint density at radius 1 is 1.08 bits per heavy atom. The molecule has 1 aliphatic heterocycles. The van der Waals surface area contributed by atoms with E-state index in [1.165, 1.54) is 33.1 Å². The molecule has 0 spiro atoms. The first-order valence-electron chi connectivity index (χ1n) is 8.69. The van der Waals surface area contributed by atoms with Crippen LogP contribution < -0.4 is 0 Å². The highest BCUT2D eigenvalue weighted by Gasteiger charge is 2.25. The molecule has 0 amide bonds. The highest BCUT2D eigenvalue weighted by atomic mass is 32.1. The van der Waals surface area contributed by atoms with Crippen LogP contribution >= 0.6 is 11.3 Å². The molecule has 1 aliphatic rings. The summed E-state index contributed by atoms with van der Waals surface area (Å²) in [6.45, 7) is 2.00. The fourth-order valence-electron chi connectivity index (χ4n) is 3.87. The second-order valence-electron chi connectivity index (χ2n) is 6.87. The van der Waals surface area contributed by atoms with Crippen molar-refractivity contribution in [2.75, 3.05) is 13.6 Å². The van der Waals surface area contributed by atoms with E-state index in [9.17, 15) is 0 Å². The number of fused-ring (bicyclic) bond motifs is 2. The minimum absolute atomic E-state index is 0.396. The average molecular weight is 358 g/mol. The van der Waals surface area contributed by atoms with Gasteiger partial charge in [0.25, 0.3) is 0 Å². The molecule has 128 valence electrons. The van der Waals surface area contributed by atoms with Gasteiger partial charge in [-0.3, -0.25) is 0 Å². The lowest BCUT2D eigenvalue weighted by atomic mass is 9.84. The Balaban J connectivity index is 1.59. The molecule has 0 radical (unpaired) electrons. The van der Waals surface area contributed by atoms with E-state index < -0.39 is 0 Å². The summed E-state index contributed by atoms with van der Waals surface area (Å²) in [5.74, 6) is 0.396. The predicted octanol–water partition coefficient (Wildman–Crippen LogP) is 4.33. The Kier molecular flexibility index (Phi) is 3.76. The second-order valence-corrected chi connectivity index (χ2v) is 7.82. The molecular weight excluding hydrogens is 340 g/mol. The number of hydrogen-bond donors (Lipinski definition) is 0. The lowest BCUT2D eigenvalue weighted by Gasteiger charge is -2.33. The van der Waals surface area contributed by atoms with Crippen LogP contribution in [0.5, 0.6) is 0 Å². The lowest BCUT2D eigenvalue weighted by Crippen LogP contribution is -2.31. The molecule has 0 aliphatic carbocycles. The van der Waals surface area contributed by atoms with E-state index in [2.05, 4.69) is 75.0 Å². The topological polar surface area (TPSA) is 41.9 Å². The van der Waals surface area contributed by atoms with E-state index in [4.69, 9.17) is 0 Å². The van der Waals surface area contributed by atoms with Crippen molar-refractivity contribution in [3.63, 3.8) is 0 Å². The zero-order valence-corrected chi connectivity index (χ0v) is 15.3. The molecule has 26 heavy (non-hydrogen) atoms. The summed E-state index contributed by atoms with van der Waals surface area (Å²) in [5.41, 5.74) is 6.15. The smallest absolute Gasteiger partial charge is 0.138 e. The highest BCUT2D eigenvalue weighted by molar-refractivity contribution is 7.17. The van der Waals surface area contributed by atoms with Gasteiger partial charge in [-0.15, -0.1) is 16.4 Å². The van der Waals surface area contributed by atoms with Crippen molar-refractivity contribution in [3.05, 3.63) is 77.1 Å². The Labute approximate surface area is 156 Å². The van der Waals surface area contributed by atoms with Crippen molar-refractivity contribution >= 4 is 21.4 Å². The van der Waals surface area contributed by atoms with Gasteiger partial charge in [-0.2, -0.15) is 5.10 Å². The van der Waals surface area contributed by atoms with Gasteiger partial charge in [0.1, 0.15) is 6.33 Å². The van der Waals surface area contributed by atoms with Gasteiger partial charge in [-0.1, -0.05) is 24.3 Å². The molecule has 1 unspecified atom stereocenters. The van der Waals surface area contributed by atoms with Crippen molar-refractivity contribution in [2.45, 2.75) is 12.5 Å². The summed E-state index contributed by atoms with van der Waals surface area (Å²) in [6, 6.07) is 15.8. The maximum atomic E-state index is 4.34. The van der Waals surface area contributed by atoms with Crippen molar-refractivity contribution in [2.24, 2.45) is 0 Å². The molecule has 4 nitrogen and oxygen atoms in total. The third-order valence-corrected chi connectivity index (χ3v) is 6.01. The van der Waals surface area contributed by atoms with Crippen LogP contribution in [0, 0.1) is 0 Å². The Bertz CT molecular complexity index is 1070. The highest BCUT2D eigenvalue weighted by Crippen LogP contribution is 2.36. The molecule has 0 N–H and O–H groups in total. The minimum atomic E-state index is 0.396. The molecule has 4 aromatic rings. The number of nitrogens with zero attached hydrogens (tertiary/aromatic N) is 4. The van der Waals surface area contributed by atoms with Crippen molar-refractivity contribution in [3.8, 4) is 11.3 Å². The van der Waals surface area contributed by atoms with Gasteiger partial charge in [0, 0.05) is 29.3 Å². The number of likely N-dealkylation sites (N-methyl/N-ethyl adjacent to an activating group) is 1. The molecule has 2 aromatic heterocycles. The normalized spacial score (nSPS) is 17.3. The quantitative estimate of drug-likeness (QED) is 0.535. The van der Waals surface area contributed by atoms with E-state index in [0.717, 1.165) is 24.3 Å². The predicted molar refractivity (Wildman–Crippen MR) is 105 cm³/mol. The molecule has 0 saturated carbocycles. The largest absolute Gasteiger partial charge is 0.301 e. The van der Waals surface area contributed by atoms with Crippen LogP contribution in [0.25, 0.3) is 21.3 Å². The number of rotatable bonds is 2. The lowest BCUT2D eigenvalue weighted by molar-refractivity contribution is 0.295. The monoisotopic (exact) mass is 358 g/mol. The molecule has 5 heteroatoms. The summed E-state index contributed by atoms with van der Waals surface area (Å²) >= 11 is 1.81.